The lowest BCUT2D eigenvalue weighted by atomic mass is 9.92. The Balaban J connectivity index is 2.23. The van der Waals surface area contributed by atoms with Gasteiger partial charge >= 0.3 is 11.9 Å². The molecule has 4 heteroatoms. The molecule has 1 unspecified atom stereocenters. The molecule has 1 aliphatic carbocycles. The van der Waals surface area contributed by atoms with Crippen LogP contribution in [0.3, 0.4) is 0 Å². The summed E-state index contributed by atoms with van der Waals surface area (Å²) in [4.78, 5) is 25.1. The fourth-order valence-corrected chi connectivity index (χ4v) is 2.84. The number of fused-ring (bicyclic) bond motifs is 1. The first kappa shape index (κ1) is 18.2. The Morgan fingerprint density at radius 2 is 1.71 bits per heavy atom. The van der Waals surface area contributed by atoms with E-state index in [-0.39, 0.29) is 5.97 Å². The number of hydrogen-bond donors (Lipinski definition) is 0. The molecule has 0 aliphatic heterocycles. The standard InChI is InChI=1S/C20H26O4/c1-4-6-11-23-19(21)16-13-15-10-8-9-14(3)17(15)18(16)20(22)24-12-7-5-2/h8-10,13,18H,4-7,11-12H2,1-3H3. The molecule has 2 rings (SSSR count). The quantitative estimate of drug-likeness (QED) is 0.530. The van der Waals surface area contributed by atoms with Gasteiger partial charge in [0.15, 0.2) is 0 Å². The number of esters is 2. The molecule has 0 spiro atoms. The monoisotopic (exact) mass is 330 g/mol. The van der Waals surface area contributed by atoms with Crippen LogP contribution in [-0.4, -0.2) is 25.2 Å². The van der Waals surface area contributed by atoms with E-state index < -0.39 is 11.9 Å². The van der Waals surface area contributed by atoms with Crippen LogP contribution >= 0.6 is 0 Å². The molecule has 0 aromatic heterocycles. The zero-order valence-electron chi connectivity index (χ0n) is 14.8. The van der Waals surface area contributed by atoms with Gasteiger partial charge in [0.2, 0.25) is 0 Å². The molecule has 1 aliphatic rings. The van der Waals surface area contributed by atoms with E-state index in [0.717, 1.165) is 42.4 Å². The number of unbranched alkanes of at least 4 members (excludes halogenated alkanes) is 2. The highest BCUT2D eigenvalue weighted by molar-refractivity contribution is 6.06. The van der Waals surface area contributed by atoms with Gasteiger partial charge in [-0.15, -0.1) is 0 Å². The van der Waals surface area contributed by atoms with Crippen molar-refractivity contribution in [2.45, 2.75) is 52.4 Å². The molecule has 1 aromatic carbocycles. The third-order valence-corrected chi connectivity index (χ3v) is 4.21. The van der Waals surface area contributed by atoms with Gasteiger partial charge in [0.25, 0.3) is 0 Å². The molecule has 4 nitrogen and oxygen atoms in total. The summed E-state index contributed by atoms with van der Waals surface area (Å²) < 4.78 is 10.7. The van der Waals surface area contributed by atoms with E-state index >= 15 is 0 Å². The van der Waals surface area contributed by atoms with Crippen molar-refractivity contribution in [2.75, 3.05) is 13.2 Å². The first-order valence-corrected chi connectivity index (χ1v) is 8.75. The van der Waals surface area contributed by atoms with E-state index in [1.807, 2.05) is 39.0 Å². The van der Waals surface area contributed by atoms with Crippen LogP contribution in [0.25, 0.3) is 6.08 Å². The Hall–Kier alpha value is -2.10. The number of rotatable bonds is 8. The molecule has 24 heavy (non-hydrogen) atoms. The first-order chi connectivity index (χ1) is 11.6. The minimum atomic E-state index is -0.674. The lowest BCUT2D eigenvalue weighted by Gasteiger charge is -2.17. The SMILES string of the molecule is CCCCOC(=O)C1=Cc2cccc(C)c2C1C(=O)OCCCC. The fourth-order valence-electron chi connectivity index (χ4n) is 2.84. The van der Waals surface area contributed by atoms with E-state index in [1.165, 1.54) is 0 Å². The maximum Gasteiger partial charge on any atom is 0.335 e. The summed E-state index contributed by atoms with van der Waals surface area (Å²) in [5.74, 6) is -1.46. The summed E-state index contributed by atoms with van der Waals surface area (Å²) in [5.41, 5.74) is 3.13. The second-order valence-electron chi connectivity index (χ2n) is 6.12. The van der Waals surface area contributed by atoms with E-state index in [4.69, 9.17) is 9.47 Å². The molecule has 0 N–H and O–H groups in total. The highest BCUT2D eigenvalue weighted by Crippen LogP contribution is 2.39. The van der Waals surface area contributed by atoms with Crippen molar-refractivity contribution >= 4 is 18.0 Å². The minimum Gasteiger partial charge on any atom is -0.465 e. The normalized spacial score (nSPS) is 15.6. The van der Waals surface area contributed by atoms with Gasteiger partial charge in [-0.25, -0.2) is 4.79 Å². The number of aryl methyl sites for hydroxylation is 1. The molecular weight excluding hydrogens is 304 g/mol. The van der Waals surface area contributed by atoms with Gasteiger partial charge in [0.1, 0.15) is 5.92 Å². The van der Waals surface area contributed by atoms with E-state index in [2.05, 4.69) is 0 Å². The molecule has 1 atom stereocenters. The maximum atomic E-state index is 12.6. The zero-order chi connectivity index (χ0) is 17.5. The van der Waals surface area contributed by atoms with Crippen molar-refractivity contribution in [3.8, 4) is 0 Å². The number of benzene rings is 1. The van der Waals surface area contributed by atoms with E-state index in [0.29, 0.717) is 18.8 Å². The van der Waals surface area contributed by atoms with Crippen molar-refractivity contribution in [3.63, 3.8) is 0 Å². The fraction of sp³-hybridized carbons (Fsp3) is 0.500. The molecule has 0 radical (unpaired) electrons. The lowest BCUT2D eigenvalue weighted by molar-refractivity contribution is -0.147. The summed E-state index contributed by atoms with van der Waals surface area (Å²) in [7, 11) is 0. The van der Waals surface area contributed by atoms with Crippen LogP contribution < -0.4 is 0 Å². The van der Waals surface area contributed by atoms with Crippen LogP contribution in [0.2, 0.25) is 0 Å². The first-order valence-electron chi connectivity index (χ1n) is 8.75. The molecule has 0 bridgehead atoms. The van der Waals surface area contributed by atoms with Gasteiger partial charge < -0.3 is 9.47 Å². The molecule has 0 fully saturated rings. The highest BCUT2D eigenvalue weighted by Gasteiger charge is 2.38. The molecular formula is C20H26O4. The second kappa shape index (κ2) is 8.67. The lowest BCUT2D eigenvalue weighted by Crippen LogP contribution is -2.22. The van der Waals surface area contributed by atoms with Crippen LogP contribution in [0, 0.1) is 6.92 Å². The largest absolute Gasteiger partial charge is 0.465 e. The van der Waals surface area contributed by atoms with Gasteiger partial charge in [-0.1, -0.05) is 44.9 Å². The van der Waals surface area contributed by atoms with Gasteiger partial charge in [-0.3, -0.25) is 4.79 Å². The zero-order valence-corrected chi connectivity index (χ0v) is 14.8. The van der Waals surface area contributed by atoms with Crippen molar-refractivity contribution in [1.29, 1.82) is 0 Å². The van der Waals surface area contributed by atoms with Gasteiger partial charge in [0.05, 0.1) is 18.8 Å². The summed E-state index contributed by atoms with van der Waals surface area (Å²) in [6, 6.07) is 5.79. The highest BCUT2D eigenvalue weighted by atomic mass is 16.5. The van der Waals surface area contributed by atoms with E-state index in [9.17, 15) is 9.59 Å². The van der Waals surface area contributed by atoms with Crippen molar-refractivity contribution in [2.24, 2.45) is 0 Å². The van der Waals surface area contributed by atoms with Crippen molar-refractivity contribution < 1.29 is 19.1 Å². The molecule has 130 valence electrons. The summed E-state index contributed by atoms with van der Waals surface area (Å²) >= 11 is 0. The second-order valence-corrected chi connectivity index (χ2v) is 6.12. The van der Waals surface area contributed by atoms with Crippen molar-refractivity contribution in [1.82, 2.24) is 0 Å². The van der Waals surface area contributed by atoms with Crippen LogP contribution in [-0.2, 0) is 19.1 Å². The summed E-state index contributed by atoms with van der Waals surface area (Å²) in [5, 5.41) is 0. The van der Waals surface area contributed by atoms with Crippen molar-refractivity contribution in [3.05, 3.63) is 40.5 Å². The number of carbonyl (C=O) groups is 2. The Morgan fingerprint density at radius 3 is 2.38 bits per heavy atom. The minimum absolute atomic E-state index is 0.366. The predicted molar refractivity (Wildman–Crippen MR) is 93.6 cm³/mol. The van der Waals surface area contributed by atoms with Crippen LogP contribution in [0.1, 0.15) is 62.1 Å². The van der Waals surface area contributed by atoms with E-state index in [1.54, 1.807) is 6.08 Å². The topological polar surface area (TPSA) is 52.6 Å². The van der Waals surface area contributed by atoms with Gasteiger partial charge in [0, 0.05) is 0 Å². The molecule has 0 saturated heterocycles. The maximum absolute atomic E-state index is 12.6. The number of hydrogen-bond acceptors (Lipinski definition) is 4. The summed E-state index contributed by atoms with van der Waals surface area (Å²) in [6.07, 6.45) is 5.31. The van der Waals surface area contributed by atoms with Crippen LogP contribution in [0.15, 0.2) is 23.8 Å². The molecule has 0 heterocycles. The average molecular weight is 330 g/mol. The Labute approximate surface area is 143 Å². The molecule has 1 aromatic rings. The summed E-state index contributed by atoms with van der Waals surface area (Å²) in [6.45, 7) is 6.78. The Kier molecular flexibility index (Phi) is 6.59. The third kappa shape index (κ3) is 4.05. The van der Waals surface area contributed by atoms with Gasteiger partial charge in [-0.2, -0.15) is 0 Å². The number of ether oxygens (including phenoxy) is 2. The average Bonchev–Trinajstić information content (AvgIpc) is 2.96. The Morgan fingerprint density at radius 1 is 1.04 bits per heavy atom. The Bertz CT molecular complexity index is 631. The molecule has 0 amide bonds. The van der Waals surface area contributed by atoms with Crippen LogP contribution in [0.4, 0.5) is 0 Å². The smallest absolute Gasteiger partial charge is 0.335 e. The predicted octanol–water partition coefficient (Wildman–Crippen LogP) is 4.16. The van der Waals surface area contributed by atoms with Gasteiger partial charge in [-0.05, 0) is 42.5 Å². The molecule has 0 saturated carbocycles. The van der Waals surface area contributed by atoms with Crippen LogP contribution in [0.5, 0.6) is 0 Å². The third-order valence-electron chi connectivity index (χ3n) is 4.21. The number of carbonyl (C=O) groups excluding carboxylic acids is 2.